The van der Waals surface area contributed by atoms with E-state index in [9.17, 15) is 8.42 Å². The van der Waals surface area contributed by atoms with Crippen LogP contribution in [0.2, 0.25) is 0 Å². The average Bonchev–Trinajstić information content (AvgIpc) is 3.01. The molecule has 0 radical (unpaired) electrons. The van der Waals surface area contributed by atoms with Gasteiger partial charge in [0.2, 0.25) is 10.0 Å². The van der Waals surface area contributed by atoms with Gasteiger partial charge in [0, 0.05) is 32.7 Å². The second-order valence-electron chi connectivity index (χ2n) is 6.48. The highest BCUT2D eigenvalue weighted by Gasteiger charge is 2.53. The van der Waals surface area contributed by atoms with Crippen LogP contribution in [-0.4, -0.2) is 69.7 Å². The normalized spacial score (nSPS) is 32.6. The lowest BCUT2D eigenvalue weighted by Gasteiger charge is -2.34. The van der Waals surface area contributed by atoms with Crippen molar-refractivity contribution in [3.8, 4) is 0 Å². The predicted molar refractivity (Wildman–Crippen MR) is 75.5 cm³/mol. The van der Waals surface area contributed by atoms with Crippen molar-refractivity contribution in [3.63, 3.8) is 0 Å². The third kappa shape index (κ3) is 2.96. The molecule has 5 nitrogen and oxygen atoms in total. The van der Waals surface area contributed by atoms with Crippen molar-refractivity contribution in [2.45, 2.75) is 19.3 Å². The summed E-state index contributed by atoms with van der Waals surface area (Å²) in [5.41, 5.74) is 0.638. The molecule has 0 aromatic heterocycles. The first-order valence-corrected chi connectivity index (χ1v) is 9.23. The zero-order chi connectivity index (χ0) is 13.5. The van der Waals surface area contributed by atoms with Gasteiger partial charge in [0.25, 0.3) is 0 Å². The SMILES string of the molecule is CS(=O)(=O)N1CCN(CC2CC23CCNCC3)CC1. The maximum Gasteiger partial charge on any atom is 0.211 e. The molecule has 0 amide bonds. The smallest absolute Gasteiger partial charge is 0.211 e. The average molecular weight is 287 g/mol. The van der Waals surface area contributed by atoms with E-state index in [0.29, 0.717) is 18.5 Å². The Morgan fingerprint density at radius 1 is 1.16 bits per heavy atom. The van der Waals surface area contributed by atoms with E-state index in [4.69, 9.17) is 0 Å². The van der Waals surface area contributed by atoms with Gasteiger partial charge in [0.15, 0.2) is 0 Å². The highest BCUT2D eigenvalue weighted by molar-refractivity contribution is 7.88. The van der Waals surface area contributed by atoms with Crippen LogP contribution in [0.1, 0.15) is 19.3 Å². The number of nitrogens with one attached hydrogen (secondary N) is 1. The van der Waals surface area contributed by atoms with Crippen LogP contribution >= 0.6 is 0 Å². The minimum atomic E-state index is -2.99. The zero-order valence-electron chi connectivity index (χ0n) is 11.8. The molecule has 2 heterocycles. The second-order valence-corrected chi connectivity index (χ2v) is 8.46. The number of piperidine rings is 1. The maximum absolute atomic E-state index is 11.5. The molecule has 2 saturated heterocycles. The van der Waals surface area contributed by atoms with Crippen LogP contribution in [0.3, 0.4) is 0 Å². The largest absolute Gasteiger partial charge is 0.317 e. The fourth-order valence-electron chi connectivity index (χ4n) is 3.78. The third-order valence-corrected chi connectivity index (χ3v) is 6.54. The Kier molecular flexibility index (Phi) is 3.62. The minimum Gasteiger partial charge on any atom is -0.317 e. The molecule has 1 atom stereocenters. The highest BCUT2D eigenvalue weighted by atomic mass is 32.2. The molecule has 2 aliphatic heterocycles. The molecule has 19 heavy (non-hydrogen) atoms. The zero-order valence-corrected chi connectivity index (χ0v) is 12.6. The summed E-state index contributed by atoms with van der Waals surface area (Å²) in [6, 6.07) is 0. The summed E-state index contributed by atoms with van der Waals surface area (Å²) in [7, 11) is -2.99. The third-order valence-electron chi connectivity index (χ3n) is 5.24. The van der Waals surface area contributed by atoms with Crippen molar-refractivity contribution < 1.29 is 8.42 Å². The molecule has 1 spiro atoms. The van der Waals surface area contributed by atoms with Crippen LogP contribution in [0.15, 0.2) is 0 Å². The van der Waals surface area contributed by atoms with Gasteiger partial charge in [-0.3, -0.25) is 0 Å². The molecular weight excluding hydrogens is 262 g/mol. The first-order chi connectivity index (χ1) is 9.00. The molecule has 0 bridgehead atoms. The molecule has 1 unspecified atom stereocenters. The molecule has 110 valence electrons. The Hall–Kier alpha value is -0.170. The summed E-state index contributed by atoms with van der Waals surface area (Å²) in [5.74, 6) is 0.861. The van der Waals surface area contributed by atoms with Crippen molar-refractivity contribution in [2.24, 2.45) is 11.3 Å². The predicted octanol–water partition coefficient (Wildman–Crippen LogP) is -0.0467. The van der Waals surface area contributed by atoms with Crippen LogP contribution in [0.4, 0.5) is 0 Å². The fourth-order valence-corrected chi connectivity index (χ4v) is 4.61. The Morgan fingerprint density at radius 3 is 2.37 bits per heavy atom. The topological polar surface area (TPSA) is 52.7 Å². The Bertz CT molecular complexity index is 423. The number of sulfonamides is 1. The van der Waals surface area contributed by atoms with E-state index in [1.165, 1.54) is 45.2 Å². The lowest BCUT2D eigenvalue weighted by atomic mass is 9.92. The van der Waals surface area contributed by atoms with E-state index in [0.717, 1.165) is 19.0 Å². The van der Waals surface area contributed by atoms with E-state index in [-0.39, 0.29) is 0 Å². The Balaban J connectivity index is 1.46. The number of nitrogens with zero attached hydrogens (tertiary/aromatic N) is 2. The molecule has 0 aromatic carbocycles. The van der Waals surface area contributed by atoms with Crippen molar-refractivity contribution in [1.29, 1.82) is 0 Å². The number of rotatable bonds is 3. The summed E-state index contributed by atoms with van der Waals surface area (Å²) in [6.07, 6.45) is 5.37. The van der Waals surface area contributed by atoms with Gasteiger partial charge in [-0.15, -0.1) is 0 Å². The minimum absolute atomic E-state index is 0.638. The highest BCUT2D eigenvalue weighted by Crippen LogP contribution is 2.58. The van der Waals surface area contributed by atoms with Crippen LogP contribution in [0, 0.1) is 11.3 Å². The van der Waals surface area contributed by atoms with Crippen LogP contribution < -0.4 is 5.32 Å². The molecule has 3 fully saturated rings. The lowest BCUT2D eigenvalue weighted by Crippen LogP contribution is -2.49. The number of piperazine rings is 1. The number of hydrogen-bond donors (Lipinski definition) is 1. The molecule has 1 aliphatic carbocycles. The van der Waals surface area contributed by atoms with E-state index < -0.39 is 10.0 Å². The van der Waals surface area contributed by atoms with Gasteiger partial charge < -0.3 is 10.2 Å². The van der Waals surface area contributed by atoms with E-state index >= 15 is 0 Å². The second kappa shape index (κ2) is 4.98. The quantitative estimate of drug-likeness (QED) is 0.791. The Morgan fingerprint density at radius 2 is 1.79 bits per heavy atom. The van der Waals surface area contributed by atoms with Gasteiger partial charge in [0.1, 0.15) is 0 Å². The van der Waals surface area contributed by atoms with Gasteiger partial charge in [0.05, 0.1) is 6.26 Å². The van der Waals surface area contributed by atoms with Gasteiger partial charge in [-0.1, -0.05) is 0 Å². The van der Waals surface area contributed by atoms with Crippen LogP contribution in [0.25, 0.3) is 0 Å². The Labute approximate surface area is 116 Å². The summed E-state index contributed by atoms with van der Waals surface area (Å²) in [5, 5.41) is 3.44. The fraction of sp³-hybridized carbons (Fsp3) is 1.00. The van der Waals surface area contributed by atoms with Gasteiger partial charge in [-0.2, -0.15) is 4.31 Å². The number of hydrogen-bond acceptors (Lipinski definition) is 4. The molecule has 3 aliphatic rings. The maximum atomic E-state index is 11.5. The molecule has 0 aromatic rings. The molecule has 3 rings (SSSR count). The van der Waals surface area contributed by atoms with E-state index in [2.05, 4.69) is 10.2 Å². The van der Waals surface area contributed by atoms with E-state index in [1.54, 1.807) is 4.31 Å². The van der Waals surface area contributed by atoms with E-state index in [1.807, 2.05) is 0 Å². The standard InChI is InChI=1S/C13H25N3O2S/c1-19(17,18)16-8-6-15(7-9-16)11-12-10-13(12)2-4-14-5-3-13/h12,14H,2-11H2,1H3. The lowest BCUT2D eigenvalue weighted by molar-refractivity contribution is 0.169. The summed E-state index contributed by atoms with van der Waals surface area (Å²) in [6.45, 7) is 6.67. The molecule has 6 heteroatoms. The first-order valence-electron chi connectivity index (χ1n) is 7.38. The summed E-state index contributed by atoms with van der Waals surface area (Å²) in [4.78, 5) is 2.46. The summed E-state index contributed by atoms with van der Waals surface area (Å²) >= 11 is 0. The van der Waals surface area contributed by atoms with Gasteiger partial charge in [-0.25, -0.2) is 8.42 Å². The van der Waals surface area contributed by atoms with Crippen molar-refractivity contribution in [2.75, 3.05) is 52.1 Å². The van der Waals surface area contributed by atoms with Gasteiger partial charge >= 0.3 is 0 Å². The van der Waals surface area contributed by atoms with Crippen molar-refractivity contribution in [1.82, 2.24) is 14.5 Å². The van der Waals surface area contributed by atoms with Gasteiger partial charge in [-0.05, 0) is 43.7 Å². The van der Waals surface area contributed by atoms with Crippen molar-refractivity contribution >= 4 is 10.0 Å². The summed E-state index contributed by atoms with van der Waals surface area (Å²) < 4.78 is 24.5. The van der Waals surface area contributed by atoms with Crippen LogP contribution in [-0.2, 0) is 10.0 Å². The van der Waals surface area contributed by atoms with Crippen LogP contribution in [0.5, 0.6) is 0 Å². The molecule has 1 N–H and O–H groups in total. The first kappa shape index (κ1) is 13.8. The molecular formula is C13H25N3O2S. The monoisotopic (exact) mass is 287 g/mol. The molecule has 1 saturated carbocycles. The van der Waals surface area contributed by atoms with Crippen molar-refractivity contribution in [3.05, 3.63) is 0 Å².